The van der Waals surface area contributed by atoms with E-state index < -0.39 is 0 Å². The standard InChI is InChI=1S/C25H33FN2O2/c1-17-6-5-9-25(2)15-23-18(14-20(17)25)19(24(29)30-23)16-27-10-12-28(13-11-27)22-8-4-3-7-21(22)26/h3-4,7-8,18-20,23H,1,5-6,9-16H2,2H3/t18-,19+,20-,23-,25-/m1/s1. The Balaban J connectivity index is 1.23. The molecule has 2 heterocycles. The van der Waals surface area contributed by atoms with Gasteiger partial charge in [-0.15, -0.1) is 0 Å². The number of hydrogen-bond donors (Lipinski definition) is 0. The number of fused-ring (bicyclic) bond motifs is 2. The molecular formula is C25H33FN2O2. The number of esters is 1. The van der Waals surface area contributed by atoms with Gasteiger partial charge in [-0.3, -0.25) is 9.69 Å². The molecule has 0 aromatic heterocycles. The Morgan fingerprint density at radius 1 is 1.23 bits per heavy atom. The number of carbonyl (C=O) groups is 1. The second-order valence-corrected chi connectivity index (χ2v) is 10.1. The fourth-order valence-electron chi connectivity index (χ4n) is 6.62. The molecule has 4 fully saturated rings. The molecule has 2 aliphatic heterocycles. The van der Waals surface area contributed by atoms with Crippen molar-refractivity contribution in [1.82, 2.24) is 4.90 Å². The zero-order valence-electron chi connectivity index (χ0n) is 18.0. The van der Waals surface area contributed by atoms with E-state index in [9.17, 15) is 9.18 Å². The van der Waals surface area contributed by atoms with E-state index in [2.05, 4.69) is 23.3 Å². The molecule has 2 saturated carbocycles. The quantitative estimate of drug-likeness (QED) is 0.549. The minimum atomic E-state index is -0.161. The maximum Gasteiger partial charge on any atom is 0.310 e. The van der Waals surface area contributed by atoms with Gasteiger partial charge < -0.3 is 9.64 Å². The lowest BCUT2D eigenvalue weighted by Crippen LogP contribution is -2.50. The zero-order chi connectivity index (χ0) is 20.9. The van der Waals surface area contributed by atoms with Gasteiger partial charge in [0, 0.05) is 38.6 Å². The summed E-state index contributed by atoms with van der Waals surface area (Å²) in [5, 5.41) is 0. The Hall–Kier alpha value is -1.88. The molecule has 4 aliphatic rings. The minimum absolute atomic E-state index is 0.00519. The first-order valence-electron chi connectivity index (χ1n) is 11.5. The van der Waals surface area contributed by atoms with Crippen molar-refractivity contribution in [2.24, 2.45) is 23.2 Å². The molecule has 5 atom stereocenters. The first kappa shape index (κ1) is 20.0. The molecule has 0 radical (unpaired) electrons. The summed E-state index contributed by atoms with van der Waals surface area (Å²) in [6.07, 6.45) is 5.69. The highest BCUT2D eigenvalue weighted by molar-refractivity contribution is 5.75. The van der Waals surface area contributed by atoms with E-state index in [-0.39, 0.29) is 29.2 Å². The molecule has 30 heavy (non-hydrogen) atoms. The molecule has 4 nitrogen and oxygen atoms in total. The van der Waals surface area contributed by atoms with E-state index >= 15 is 0 Å². The Labute approximate surface area is 179 Å². The molecule has 0 bridgehead atoms. The predicted molar refractivity (Wildman–Crippen MR) is 116 cm³/mol. The lowest BCUT2D eigenvalue weighted by atomic mass is 9.55. The van der Waals surface area contributed by atoms with Crippen LogP contribution < -0.4 is 4.90 Å². The van der Waals surface area contributed by atoms with Crippen LogP contribution in [0.3, 0.4) is 0 Å². The fraction of sp³-hybridized carbons (Fsp3) is 0.640. The SMILES string of the molecule is C=C1CCC[C@]2(C)C[C@H]3OC(=O)[C@@H](CN4CCN(c5ccccc5F)CC4)[C@H]3C[C@H]12. The van der Waals surface area contributed by atoms with E-state index in [1.807, 2.05) is 12.1 Å². The van der Waals surface area contributed by atoms with Gasteiger partial charge in [0.25, 0.3) is 0 Å². The van der Waals surface area contributed by atoms with Gasteiger partial charge in [-0.1, -0.05) is 31.2 Å². The fourth-order valence-corrected chi connectivity index (χ4v) is 6.62. The monoisotopic (exact) mass is 412 g/mol. The Kier molecular flexibility index (Phi) is 5.12. The van der Waals surface area contributed by atoms with Gasteiger partial charge in [-0.25, -0.2) is 4.39 Å². The summed E-state index contributed by atoms with van der Waals surface area (Å²) in [5.74, 6) is 0.646. The first-order valence-corrected chi connectivity index (χ1v) is 11.5. The van der Waals surface area contributed by atoms with Gasteiger partial charge >= 0.3 is 5.97 Å². The van der Waals surface area contributed by atoms with Crippen molar-refractivity contribution >= 4 is 11.7 Å². The third kappa shape index (κ3) is 3.45. The lowest BCUT2D eigenvalue weighted by Gasteiger charge is -2.50. The Bertz CT molecular complexity index is 834. The second-order valence-electron chi connectivity index (χ2n) is 10.1. The van der Waals surface area contributed by atoms with Crippen LogP contribution in [0.25, 0.3) is 0 Å². The molecule has 0 amide bonds. The number of anilines is 1. The number of rotatable bonds is 3. The Morgan fingerprint density at radius 3 is 2.77 bits per heavy atom. The Morgan fingerprint density at radius 2 is 2.00 bits per heavy atom. The highest BCUT2D eigenvalue weighted by atomic mass is 19.1. The molecule has 0 N–H and O–H groups in total. The van der Waals surface area contributed by atoms with Gasteiger partial charge in [0.05, 0.1) is 11.6 Å². The third-order valence-electron chi connectivity index (χ3n) is 8.34. The number of benzene rings is 1. The van der Waals surface area contributed by atoms with E-state index in [4.69, 9.17) is 4.74 Å². The summed E-state index contributed by atoms with van der Waals surface area (Å²) in [6, 6.07) is 6.98. The predicted octanol–water partition coefficient (Wildman–Crippen LogP) is 4.26. The number of nitrogens with zero attached hydrogens (tertiary/aromatic N) is 2. The van der Waals surface area contributed by atoms with Crippen LogP contribution in [0.15, 0.2) is 36.4 Å². The van der Waals surface area contributed by atoms with Crippen molar-refractivity contribution in [1.29, 1.82) is 0 Å². The van der Waals surface area contributed by atoms with E-state index in [0.29, 0.717) is 17.5 Å². The van der Waals surface area contributed by atoms with Crippen molar-refractivity contribution < 1.29 is 13.9 Å². The molecule has 162 valence electrons. The average Bonchev–Trinajstić information content (AvgIpc) is 3.01. The topological polar surface area (TPSA) is 32.8 Å². The lowest BCUT2D eigenvalue weighted by molar-refractivity contribution is -0.146. The highest BCUT2D eigenvalue weighted by Crippen LogP contribution is 2.56. The molecular weight excluding hydrogens is 379 g/mol. The van der Waals surface area contributed by atoms with Gasteiger partial charge in [-0.05, 0) is 55.6 Å². The number of para-hydroxylation sites is 1. The van der Waals surface area contributed by atoms with Crippen LogP contribution >= 0.6 is 0 Å². The van der Waals surface area contributed by atoms with Crippen molar-refractivity contribution in [3.8, 4) is 0 Å². The van der Waals surface area contributed by atoms with E-state index in [1.54, 1.807) is 6.07 Å². The first-order chi connectivity index (χ1) is 14.4. The molecule has 5 rings (SSSR count). The number of halogens is 1. The van der Waals surface area contributed by atoms with Crippen LogP contribution in [0.2, 0.25) is 0 Å². The van der Waals surface area contributed by atoms with Crippen LogP contribution in [-0.2, 0) is 9.53 Å². The molecule has 1 aromatic rings. The normalized spacial score (nSPS) is 36.9. The summed E-state index contributed by atoms with van der Waals surface area (Å²) in [5.41, 5.74) is 2.32. The van der Waals surface area contributed by atoms with Crippen molar-refractivity contribution in [3.63, 3.8) is 0 Å². The van der Waals surface area contributed by atoms with Crippen LogP contribution in [0, 0.1) is 29.0 Å². The summed E-state index contributed by atoms with van der Waals surface area (Å²) < 4.78 is 20.0. The summed E-state index contributed by atoms with van der Waals surface area (Å²) >= 11 is 0. The van der Waals surface area contributed by atoms with E-state index in [0.717, 1.165) is 52.0 Å². The molecule has 1 aromatic carbocycles. The van der Waals surface area contributed by atoms with Gasteiger partial charge in [0.2, 0.25) is 0 Å². The molecule has 5 heteroatoms. The van der Waals surface area contributed by atoms with Crippen LogP contribution in [0.1, 0.15) is 39.0 Å². The van der Waals surface area contributed by atoms with Gasteiger partial charge in [-0.2, -0.15) is 0 Å². The number of piperazine rings is 1. The number of allylic oxidation sites excluding steroid dienone is 1. The summed E-state index contributed by atoms with van der Waals surface area (Å²) in [6.45, 7) is 10.8. The molecule has 0 unspecified atom stereocenters. The smallest absolute Gasteiger partial charge is 0.310 e. The molecule has 2 aliphatic carbocycles. The third-order valence-corrected chi connectivity index (χ3v) is 8.34. The average molecular weight is 413 g/mol. The molecule has 2 saturated heterocycles. The van der Waals surface area contributed by atoms with Gasteiger partial charge in [0.15, 0.2) is 0 Å². The minimum Gasteiger partial charge on any atom is -0.462 e. The van der Waals surface area contributed by atoms with Crippen LogP contribution in [-0.4, -0.2) is 49.7 Å². The second kappa shape index (κ2) is 7.67. The number of ether oxygens (including phenoxy) is 1. The number of carbonyl (C=O) groups excluding carboxylic acids is 1. The van der Waals surface area contributed by atoms with Crippen LogP contribution in [0.4, 0.5) is 10.1 Å². The summed E-state index contributed by atoms with van der Waals surface area (Å²) in [4.78, 5) is 17.3. The number of hydrogen-bond acceptors (Lipinski definition) is 4. The van der Waals surface area contributed by atoms with Crippen molar-refractivity contribution in [3.05, 3.63) is 42.2 Å². The van der Waals surface area contributed by atoms with Crippen molar-refractivity contribution in [2.75, 3.05) is 37.6 Å². The highest BCUT2D eigenvalue weighted by Gasteiger charge is 2.55. The molecule has 0 spiro atoms. The van der Waals surface area contributed by atoms with Crippen molar-refractivity contribution in [2.45, 2.75) is 45.1 Å². The summed E-state index contributed by atoms with van der Waals surface area (Å²) in [7, 11) is 0. The zero-order valence-corrected chi connectivity index (χ0v) is 18.0. The van der Waals surface area contributed by atoms with Gasteiger partial charge in [0.1, 0.15) is 11.9 Å². The maximum absolute atomic E-state index is 14.1. The largest absolute Gasteiger partial charge is 0.462 e. The van der Waals surface area contributed by atoms with Crippen LogP contribution in [0.5, 0.6) is 0 Å². The maximum atomic E-state index is 14.1. The van der Waals surface area contributed by atoms with E-state index in [1.165, 1.54) is 24.5 Å².